The fourth-order valence-corrected chi connectivity index (χ4v) is 1.94. The van der Waals surface area contributed by atoms with Crippen LogP contribution in [0.2, 0.25) is 0 Å². The number of aliphatic carboxylic acids is 1. The molecular formula is C13H15N2O3+. The monoisotopic (exact) mass is 247 g/mol. The van der Waals surface area contributed by atoms with Gasteiger partial charge in [-0.1, -0.05) is 23.3 Å². The van der Waals surface area contributed by atoms with E-state index in [-0.39, 0.29) is 16.8 Å². The second kappa shape index (κ2) is 4.72. The van der Waals surface area contributed by atoms with Crippen molar-refractivity contribution < 1.29 is 14.6 Å². The summed E-state index contributed by atoms with van der Waals surface area (Å²) in [5.74, 6) is -0.983. The minimum atomic E-state index is -0.983. The van der Waals surface area contributed by atoms with Crippen LogP contribution in [0.1, 0.15) is 0 Å². The SMILES string of the molecule is COCC1=N[N+](C)(c2ccccc2)C=C1C(=O)O. The summed E-state index contributed by atoms with van der Waals surface area (Å²) in [6, 6.07) is 9.53. The van der Waals surface area contributed by atoms with Gasteiger partial charge >= 0.3 is 5.97 Å². The van der Waals surface area contributed by atoms with Gasteiger partial charge < -0.3 is 9.84 Å². The van der Waals surface area contributed by atoms with E-state index < -0.39 is 5.97 Å². The Labute approximate surface area is 105 Å². The van der Waals surface area contributed by atoms with E-state index in [1.54, 1.807) is 6.20 Å². The molecule has 94 valence electrons. The van der Waals surface area contributed by atoms with Crippen LogP contribution in [0.3, 0.4) is 0 Å². The molecule has 0 saturated carbocycles. The van der Waals surface area contributed by atoms with Gasteiger partial charge in [0.1, 0.15) is 24.5 Å². The van der Waals surface area contributed by atoms with E-state index >= 15 is 0 Å². The molecule has 18 heavy (non-hydrogen) atoms. The largest absolute Gasteiger partial charge is 0.477 e. The third kappa shape index (κ3) is 2.18. The van der Waals surface area contributed by atoms with Gasteiger partial charge in [-0.05, 0) is 0 Å². The molecule has 1 aromatic rings. The molecule has 0 spiro atoms. The van der Waals surface area contributed by atoms with Crippen LogP contribution < -0.4 is 4.59 Å². The Hall–Kier alpha value is -1.98. The Kier molecular flexibility index (Phi) is 3.27. The normalized spacial score (nSPS) is 22.6. The van der Waals surface area contributed by atoms with Gasteiger partial charge in [0.2, 0.25) is 0 Å². The van der Waals surface area contributed by atoms with Crippen molar-refractivity contribution in [3.05, 3.63) is 42.1 Å². The standard InChI is InChI=1S/C13H14N2O3/c1-15(10-6-4-3-5-7-10)8-11(13(16)17)12(14-15)9-18-2/h3-8H,9H2,1-2H3/p+1. The summed E-state index contributed by atoms with van der Waals surface area (Å²) in [5, 5.41) is 13.6. The lowest BCUT2D eigenvalue weighted by Gasteiger charge is -2.19. The van der Waals surface area contributed by atoms with Crippen molar-refractivity contribution in [3.63, 3.8) is 0 Å². The quantitative estimate of drug-likeness (QED) is 0.822. The Bertz CT molecular complexity index is 522. The first kappa shape index (κ1) is 12.5. The minimum absolute atomic E-state index is 0.0984. The number of quaternary nitrogens is 1. The molecule has 0 saturated heterocycles. The fraction of sp³-hybridized carbons (Fsp3) is 0.231. The molecule has 1 unspecified atom stereocenters. The zero-order chi connectivity index (χ0) is 13.2. The van der Waals surface area contributed by atoms with Gasteiger partial charge in [0, 0.05) is 19.2 Å². The van der Waals surface area contributed by atoms with E-state index in [1.807, 2.05) is 37.4 Å². The molecule has 1 aliphatic heterocycles. The highest BCUT2D eigenvalue weighted by Crippen LogP contribution is 2.28. The topological polar surface area (TPSA) is 58.9 Å². The smallest absolute Gasteiger partial charge is 0.343 e. The number of rotatable bonds is 4. The molecule has 0 amide bonds. The van der Waals surface area contributed by atoms with Crippen molar-refractivity contribution in [1.82, 2.24) is 4.59 Å². The highest BCUT2D eigenvalue weighted by molar-refractivity contribution is 6.21. The van der Waals surface area contributed by atoms with Crippen molar-refractivity contribution in [1.29, 1.82) is 0 Å². The molecule has 0 bridgehead atoms. The lowest BCUT2D eigenvalue weighted by Crippen LogP contribution is -2.30. The molecule has 0 aliphatic carbocycles. The van der Waals surface area contributed by atoms with Gasteiger partial charge in [-0.25, -0.2) is 4.79 Å². The summed E-state index contributed by atoms with van der Waals surface area (Å²) in [6.07, 6.45) is 1.62. The summed E-state index contributed by atoms with van der Waals surface area (Å²) in [5.41, 5.74) is 1.56. The lowest BCUT2D eigenvalue weighted by atomic mass is 10.2. The molecule has 5 heteroatoms. The average Bonchev–Trinajstić information content (AvgIpc) is 2.70. The van der Waals surface area contributed by atoms with E-state index in [0.29, 0.717) is 5.71 Å². The molecule has 1 aliphatic rings. The first-order chi connectivity index (χ1) is 8.57. The van der Waals surface area contributed by atoms with Crippen LogP contribution >= 0.6 is 0 Å². The van der Waals surface area contributed by atoms with Gasteiger partial charge in [0.15, 0.2) is 5.69 Å². The molecule has 0 aromatic heterocycles. The Balaban J connectivity index is 2.45. The maximum atomic E-state index is 11.2. The van der Waals surface area contributed by atoms with E-state index in [2.05, 4.69) is 5.10 Å². The van der Waals surface area contributed by atoms with Crippen LogP contribution in [0.5, 0.6) is 0 Å². The van der Waals surface area contributed by atoms with Gasteiger partial charge in [-0.3, -0.25) is 0 Å². The van der Waals surface area contributed by atoms with Gasteiger partial charge in [-0.2, -0.15) is 0 Å². The summed E-state index contributed by atoms with van der Waals surface area (Å²) < 4.78 is 5.09. The first-order valence-electron chi connectivity index (χ1n) is 5.53. The van der Waals surface area contributed by atoms with Crippen LogP contribution in [-0.4, -0.2) is 37.6 Å². The number of carboxylic acids is 1. The molecule has 5 nitrogen and oxygen atoms in total. The Morgan fingerprint density at radius 1 is 1.39 bits per heavy atom. The van der Waals surface area contributed by atoms with Crippen LogP contribution in [0.4, 0.5) is 5.69 Å². The number of carboxylic acid groups (broad SMARTS) is 1. The maximum absolute atomic E-state index is 11.2. The second-order valence-corrected chi connectivity index (χ2v) is 4.19. The maximum Gasteiger partial charge on any atom is 0.343 e. The third-order valence-electron chi connectivity index (χ3n) is 2.81. The molecule has 2 rings (SSSR count). The predicted octanol–water partition coefficient (Wildman–Crippen LogP) is 1.61. The number of benzene rings is 1. The number of hydrogen-bond acceptors (Lipinski definition) is 3. The molecule has 0 radical (unpaired) electrons. The van der Waals surface area contributed by atoms with Crippen molar-refractivity contribution >= 4 is 17.4 Å². The van der Waals surface area contributed by atoms with Gasteiger partial charge in [0.25, 0.3) is 0 Å². The molecule has 1 heterocycles. The highest BCUT2D eigenvalue weighted by atomic mass is 16.5. The zero-order valence-electron chi connectivity index (χ0n) is 10.3. The fourth-order valence-electron chi connectivity index (χ4n) is 1.94. The number of hydrogen-bond donors (Lipinski definition) is 1. The van der Waals surface area contributed by atoms with E-state index in [0.717, 1.165) is 5.69 Å². The van der Waals surface area contributed by atoms with Crippen LogP contribution in [-0.2, 0) is 9.53 Å². The van der Waals surface area contributed by atoms with Crippen LogP contribution in [0.25, 0.3) is 0 Å². The average molecular weight is 247 g/mol. The first-order valence-corrected chi connectivity index (χ1v) is 5.53. The second-order valence-electron chi connectivity index (χ2n) is 4.19. The number of para-hydroxylation sites is 1. The predicted molar refractivity (Wildman–Crippen MR) is 69.2 cm³/mol. The van der Waals surface area contributed by atoms with E-state index in [4.69, 9.17) is 4.74 Å². The zero-order valence-corrected chi connectivity index (χ0v) is 10.3. The van der Waals surface area contributed by atoms with Crippen molar-refractivity contribution in [2.45, 2.75) is 0 Å². The molecule has 1 N–H and O–H groups in total. The Morgan fingerprint density at radius 2 is 2.06 bits per heavy atom. The third-order valence-corrected chi connectivity index (χ3v) is 2.81. The van der Waals surface area contributed by atoms with Crippen molar-refractivity contribution in [2.24, 2.45) is 5.10 Å². The number of methoxy groups -OCH3 is 1. The van der Waals surface area contributed by atoms with Crippen molar-refractivity contribution in [2.75, 3.05) is 20.8 Å². The van der Waals surface area contributed by atoms with Gasteiger partial charge in [-0.15, -0.1) is 4.59 Å². The van der Waals surface area contributed by atoms with Gasteiger partial charge in [0.05, 0.1) is 6.61 Å². The highest BCUT2D eigenvalue weighted by Gasteiger charge is 2.36. The molecular weight excluding hydrogens is 232 g/mol. The lowest BCUT2D eigenvalue weighted by molar-refractivity contribution is -0.132. The van der Waals surface area contributed by atoms with Crippen LogP contribution in [0.15, 0.2) is 47.2 Å². The van der Waals surface area contributed by atoms with E-state index in [9.17, 15) is 9.90 Å². The number of nitrogens with zero attached hydrogens (tertiary/aromatic N) is 2. The summed E-state index contributed by atoms with van der Waals surface area (Å²) in [6.45, 7) is 0.193. The number of ether oxygens (including phenoxy) is 1. The van der Waals surface area contributed by atoms with Crippen molar-refractivity contribution in [3.8, 4) is 0 Å². The molecule has 1 atom stereocenters. The summed E-state index contributed by atoms with van der Waals surface area (Å²) in [7, 11) is 3.36. The minimum Gasteiger partial charge on any atom is -0.477 e. The van der Waals surface area contributed by atoms with Crippen LogP contribution in [0, 0.1) is 0 Å². The summed E-state index contributed by atoms with van der Waals surface area (Å²) >= 11 is 0. The Morgan fingerprint density at radius 3 is 2.61 bits per heavy atom. The number of carbonyl (C=O) groups is 1. The molecule has 1 aromatic carbocycles. The summed E-state index contributed by atoms with van der Waals surface area (Å²) in [4.78, 5) is 11.2. The molecule has 0 fully saturated rings. The van der Waals surface area contributed by atoms with E-state index in [1.165, 1.54) is 7.11 Å².